The van der Waals surface area contributed by atoms with Gasteiger partial charge in [-0.15, -0.1) is 11.6 Å². The van der Waals surface area contributed by atoms with E-state index in [9.17, 15) is 4.79 Å². The van der Waals surface area contributed by atoms with E-state index in [-0.39, 0.29) is 5.91 Å². The number of rotatable bonds is 4. The first-order chi connectivity index (χ1) is 9.27. The zero-order valence-electron chi connectivity index (χ0n) is 11.6. The van der Waals surface area contributed by atoms with Gasteiger partial charge in [-0.2, -0.15) is 0 Å². The SMILES string of the molecule is CCc1ccccc1C(=O)N1CCCCC1CCCl. The number of halogens is 1. The van der Waals surface area contributed by atoms with Crippen LogP contribution in [0.5, 0.6) is 0 Å². The molecule has 1 amide bonds. The van der Waals surface area contributed by atoms with E-state index in [2.05, 4.69) is 6.92 Å². The highest BCUT2D eigenvalue weighted by Crippen LogP contribution is 2.23. The Kier molecular flexibility index (Phi) is 5.26. The fraction of sp³-hybridized carbons (Fsp3) is 0.562. The average Bonchev–Trinajstić information content (AvgIpc) is 2.47. The number of alkyl halides is 1. The maximum atomic E-state index is 12.7. The quantitative estimate of drug-likeness (QED) is 0.766. The normalized spacial score (nSPS) is 19.5. The van der Waals surface area contributed by atoms with Crippen molar-refractivity contribution in [1.82, 2.24) is 4.90 Å². The van der Waals surface area contributed by atoms with Crippen molar-refractivity contribution in [3.05, 3.63) is 35.4 Å². The molecule has 1 heterocycles. The van der Waals surface area contributed by atoms with Gasteiger partial charge in [0, 0.05) is 24.0 Å². The van der Waals surface area contributed by atoms with E-state index >= 15 is 0 Å². The van der Waals surface area contributed by atoms with E-state index in [0.29, 0.717) is 11.9 Å². The van der Waals surface area contributed by atoms with Gasteiger partial charge in [-0.05, 0) is 43.7 Å². The molecule has 0 N–H and O–H groups in total. The van der Waals surface area contributed by atoms with Gasteiger partial charge >= 0.3 is 0 Å². The molecule has 1 saturated heterocycles. The molecule has 1 atom stereocenters. The van der Waals surface area contributed by atoms with E-state index in [1.165, 1.54) is 6.42 Å². The molecule has 1 aliphatic rings. The highest BCUT2D eigenvalue weighted by atomic mass is 35.5. The monoisotopic (exact) mass is 279 g/mol. The lowest BCUT2D eigenvalue weighted by Gasteiger charge is -2.36. The number of hydrogen-bond donors (Lipinski definition) is 0. The van der Waals surface area contributed by atoms with Crippen molar-refractivity contribution in [2.75, 3.05) is 12.4 Å². The number of amides is 1. The maximum absolute atomic E-state index is 12.7. The molecule has 1 aromatic carbocycles. The summed E-state index contributed by atoms with van der Waals surface area (Å²) in [5, 5.41) is 0. The Bertz CT molecular complexity index is 431. The van der Waals surface area contributed by atoms with E-state index < -0.39 is 0 Å². The molecule has 0 aromatic heterocycles. The number of piperidine rings is 1. The first-order valence-electron chi connectivity index (χ1n) is 7.22. The minimum atomic E-state index is 0.187. The van der Waals surface area contributed by atoms with Gasteiger partial charge in [-0.25, -0.2) is 0 Å². The molecule has 0 saturated carbocycles. The van der Waals surface area contributed by atoms with Crippen molar-refractivity contribution in [1.29, 1.82) is 0 Å². The van der Waals surface area contributed by atoms with Crippen LogP contribution >= 0.6 is 11.6 Å². The summed E-state index contributed by atoms with van der Waals surface area (Å²) in [5.41, 5.74) is 2.01. The molecule has 1 aromatic rings. The molecule has 0 aliphatic carbocycles. The van der Waals surface area contributed by atoms with Crippen LogP contribution < -0.4 is 0 Å². The molecular weight excluding hydrogens is 258 g/mol. The van der Waals surface area contributed by atoms with E-state index in [0.717, 1.165) is 43.4 Å². The molecular formula is C16H22ClNO. The van der Waals surface area contributed by atoms with Gasteiger partial charge in [0.15, 0.2) is 0 Å². The topological polar surface area (TPSA) is 20.3 Å². The third kappa shape index (κ3) is 3.30. The van der Waals surface area contributed by atoms with Crippen LogP contribution in [0.3, 0.4) is 0 Å². The van der Waals surface area contributed by atoms with Gasteiger partial charge in [-0.1, -0.05) is 25.1 Å². The molecule has 2 rings (SSSR count). The zero-order chi connectivity index (χ0) is 13.7. The summed E-state index contributed by atoms with van der Waals surface area (Å²) < 4.78 is 0. The van der Waals surface area contributed by atoms with Crippen LogP contribution in [0.1, 0.15) is 48.5 Å². The van der Waals surface area contributed by atoms with Gasteiger partial charge in [0.2, 0.25) is 0 Å². The molecule has 2 nitrogen and oxygen atoms in total. The van der Waals surface area contributed by atoms with Crippen LogP contribution in [0.15, 0.2) is 24.3 Å². The second-order valence-corrected chi connectivity index (χ2v) is 5.51. The number of carbonyl (C=O) groups is 1. The fourth-order valence-electron chi connectivity index (χ4n) is 2.89. The van der Waals surface area contributed by atoms with Crippen molar-refractivity contribution in [3.63, 3.8) is 0 Å². The molecule has 3 heteroatoms. The average molecular weight is 280 g/mol. The van der Waals surface area contributed by atoms with Gasteiger partial charge < -0.3 is 4.90 Å². The van der Waals surface area contributed by atoms with Crippen LogP contribution in [0, 0.1) is 0 Å². The van der Waals surface area contributed by atoms with E-state index in [4.69, 9.17) is 11.6 Å². The van der Waals surface area contributed by atoms with Gasteiger partial charge in [-0.3, -0.25) is 4.79 Å². The molecule has 0 radical (unpaired) electrons. The van der Waals surface area contributed by atoms with Gasteiger partial charge in [0.1, 0.15) is 0 Å². The highest BCUT2D eigenvalue weighted by molar-refractivity contribution is 6.17. The largest absolute Gasteiger partial charge is 0.336 e. The maximum Gasteiger partial charge on any atom is 0.254 e. The van der Waals surface area contributed by atoms with Crippen molar-refractivity contribution in [2.24, 2.45) is 0 Å². The highest BCUT2D eigenvalue weighted by Gasteiger charge is 2.27. The van der Waals surface area contributed by atoms with Crippen molar-refractivity contribution in [2.45, 2.75) is 45.1 Å². The zero-order valence-corrected chi connectivity index (χ0v) is 12.3. The molecule has 0 bridgehead atoms. The molecule has 1 unspecified atom stereocenters. The minimum Gasteiger partial charge on any atom is -0.336 e. The smallest absolute Gasteiger partial charge is 0.254 e. The Morgan fingerprint density at radius 1 is 1.37 bits per heavy atom. The number of benzene rings is 1. The van der Waals surface area contributed by atoms with Crippen molar-refractivity contribution in [3.8, 4) is 0 Å². The summed E-state index contributed by atoms with van der Waals surface area (Å²) in [6.45, 7) is 2.97. The van der Waals surface area contributed by atoms with Crippen LogP contribution in [-0.2, 0) is 6.42 Å². The van der Waals surface area contributed by atoms with Crippen LogP contribution in [0.25, 0.3) is 0 Å². The lowest BCUT2D eigenvalue weighted by Crippen LogP contribution is -2.44. The Labute approximate surface area is 120 Å². The third-order valence-electron chi connectivity index (χ3n) is 3.96. The minimum absolute atomic E-state index is 0.187. The van der Waals surface area contributed by atoms with E-state index in [1.54, 1.807) is 0 Å². The molecule has 0 spiro atoms. The summed E-state index contributed by atoms with van der Waals surface area (Å²) in [7, 11) is 0. The Balaban J connectivity index is 2.21. The van der Waals surface area contributed by atoms with Crippen LogP contribution in [0.2, 0.25) is 0 Å². The predicted octanol–water partition coefficient (Wildman–Crippen LogP) is 3.87. The van der Waals surface area contributed by atoms with Crippen molar-refractivity contribution < 1.29 is 4.79 Å². The van der Waals surface area contributed by atoms with E-state index in [1.807, 2.05) is 29.2 Å². The predicted molar refractivity (Wildman–Crippen MR) is 79.8 cm³/mol. The summed E-state index contributed by atoms with van der Waals surface area (Å²) in [6.07, 6.45) is 5.21. The Morgan fingerprint density at radius 2 is 2.16 bits per heavy atom. The first kappa shape index (κ1) is 14.4. The second kappa shape index (κ2) is 6.95. The standard InChI is InChI=1S/C16H22ClNO/c1-2-13-7-3-4-9-15(13)16(19)18-12-6-5-8-14(18)10-11-17/h3-4,7,9,14H,2,5-6,8,10-12H2,1H3. The third-order valence-corrected chi connectivity index (χ3v) is 4.18. The summed E-state index contributed by atoms with van der Waals surface area (Å²) >= 11 is 5.87. The second-order valence-electron chi connectivity index (χ2n) is 5.14. The number of nitrogens with zero attached hydrogens (tertiary/aromatic N) is 1. The molecule has 1 fully saturated rings. The first-order valence-corrected chi connectivity index (χ1v) is 7.76. The number of hydrogen-bond acceptors (Lipinski definition) is 1. The summed E-state index contributed by atoms with van der Waals surface area (Å²) in [4.78, 5) is 14.8. The lowest BCUT2D eigenvalue weighted by atomic mass is 9.97. The number of aryl methyl sites for hydroxylation is 1. The van der Waals surface area contributed by atoms with Gasteiger partial charge in [0.25, 0.3) is 5.91 Å². The van der Waals surface area contributed by atoms with Crippen LogP contribution in [0.4, 0.5) is 0 Å². The fourth-order valence-corrected chi connectivity index (χ4v) is 3.14. The van der Waals surface area contributed by atoms with Gasteiger partial charge in [0.05, 0.1) is 0 Å². The number of likely N-dealkylation sites (tertiary alicyclic amines) is 1. The summed E-state index contributed by atoms with van der Waals surface area (Å²) in [5.74, 6) is 0.816. The summed E-state index contributed by atoms with van der Waals surface area (Å²) in [6, 6.07) is 8.28. The Morgan fingerprint density at radius 3 is 2.89 bits per heavy atom. The number of carbonyl (C=O) groups excluding carboxylic acids is 1. The molecule has 104 valence electrons. The molecule has 1 aliphatic heterocycles. The Hall–Kier alpha value is -1.02. The lowest BCUT2D eigenvalue weighted by molar-refractivity contribution is 0.0608. The molecule has 19 heavy (non-hydrogen) atoms. The van der Waals surface area contributed by atoms with Crippen molar-refractivity contribution >= 4 is 17.5 Å². The van der Waals surface area contributed by atoms with Crippen LogP contribution in [-0.4, -0.2) is 29.3 Å².